The molecule has 1 saturated carbocycles. The van der Waals surface area contributed by atoms with E-state index in [1.807, 2.05) is 7.05 Å². The van der Waals surface area contributed by atoms with Crippen molar-refractivity contribution in [1.82, 2.24) is 24.4 Å². The molecule has 5 rings (SSSR count). The summed E-state index contributed by atoms with van der Waals surface area (Å²) in [6.45, 7) is 1.79. The zero-order valence-corrected chi connectivity index (χ0v) is 20.1. The number of carbonyl (C=O) groups is 1. The van der Waals surface area contributed by atoms with Gasteiger partial charge in [0, 0.05) is 7.05 Å². The number of nitrogens with zero attached hydrogens (tertiary/aromatic N) is 5. The van der Waals surface area contributed by atoms with Crippen LogP contribution < -0.4 is 15.6 Å². The largest absolute Gasteiger partial charge is 0.573 e. The fraction of sp³-hybridized carbons (Fsp3) is 0.520. The molecule has 9 nitrogen and oxygen atoms in total. The van der Waals surface area contributed by atoms with Crippen molar-refractivity contribution in [3.05, 3.63) is 51.2 Å². The van der Waals surface area contributed by atoms with E-state index >= 15 is 0 Å². The van der Waals surface area contributed by atoms with Gasteiger partial charge in [-0.3, -0.25) is 14.3 Å². The minimum absolute atomic E-state index is 0. The number of anilines is 1. The summed E-state index contributed by atoms with van der Waals surface area (Å²) in [7, 11) is 1.82. The first kappa shape index (κ1) is 26.5. The van der Waals surface area contributed by atoms with Crippen LogP contribution in [0.25, 0.3) is 5.69 Å². The molecule has 3 heterocycles. The molecule has 1 fully saturated rings. The molecule has 1 aromatic carbocycles. The van der Waals surface area contributed by atoms with Crippen molar-refractivity contribution in [2.24, 2.45) is 7.05 Å². The predicted molar refractivity (Wildman–Crippen MR) is 131 cm³/mol. The Labute approximate surface area is 212 Å². The number of halogens is 3. The maximum atomic E-state index is 13.3. The van der Waals surface area contributed by atoms with Crippen molar-refractivity contribution in [2.45, 2.75) is 78.1 Å². The molecule has 1 N–H and O–H groups in total. The SMILES string of the molecule is C.Cc1c(NC(=O)c2nnn3c2CCCc2cc(OC(F)(F)F)ccc2-3)c(=O)n(C2CCCCC2)n1C. The molecule has 0 saturated heterocycles. The molecule has 12 heteroatoms. The number of fused-ring (bicyclic) bond motifs is 3. The van der Waals surface area contributed by atoms with Crippen LogP contribution in [-0.2, 0) is 19.9 Å². The Morgan fingerprint density at radius 3 is 2.57 bits per heavy atom. The van der Waals surface area contributed by atoms with Crippen molar-refractivity contribution >= 4 is 11.6 Å². The number of hydrogen-bond acceptors (Lipinski definition) is 5. The van der Waals surface area contributed by atoms with Crippen LogP contribution in [-0.4, -0.2) is 36.6 Å². The first-order valence-electron chi connectivity index (χ1n) is 12.1. The first-order valence-corrected chi connectivity index (χ1v) is 12.1. The molecule has 2 aromatic heterocycles. The maximum absolute atomic E-state index is 13.3. The maximum Gasteiger partial charge on any atom is 0.573 e. The zero-order chi connectivity index (χ0) is 25.6. The van der Waals surface area contributed by atoms with E-state index in [4.69, 9.17) is 0 Å². The summed E-state index contributed by atoms with van der Waals surface area (Å²) in [5.74, 6) is -0.852. The van der Waals surface area contributed by atoms with Crippen LogP contribution in [0.1, 0.15) is 79.4 Å². The Morgan fingerprint density at radius 2 is 1.86 bits per heavy atom. The Bertz CT molecular complexity index is 1370. The monoisotopic (exact) mass is 520 g/mol. The molecule has 0 radical (unpaired) electrons. The molecular weight excluding hydrogens is 489 g/mol. The van der Waals surface area contributed by atoms with E-state index in [9.17, 15) is 22.8 Å². The van der Waals surface area contributed by atoms with Gasteiger partial charge < -0.3 is 10.1 Å². The molecule has 0 atom stereocenters. The summed E-state index contributed by atoms with van der Waals surface area (Å²) in [6, 6.07) is 4.13. The lowest BCUT2D eigenvalue weighted by Gasteiger charge is -2.24. The normalized spacial score (nSPS) is 15.8. The number of aromatic nitrogens is 5. The molecule has 1 aliphatic heterocycles. The zero-order valence-electron chi connectivity index (χ0n) is 20.1. The molecule has 0 unspecified atom stereocenters. The lowest BCUT2D eigenvalue weighted by atomic mass is 9.96. The van der Waals surface area contributed by atoms with Crippen LogP contribution >= 0.6 is 0 Å². The number of hydrogen-bond donors (Lipinski definition) is 1. The Morgan fingerprint density at radius 1 is 1.14 bits per heavy atom. The molecule has 3 aromatic rings. The predicted octanol–water partition coefficient (Wildman–Crippen LogP) is 4.86. The van der Waals surface area contributed by atoms with Crippen LogP contribution in [0.15, 0.2) is 23.0 Å². The van der Waals surface area contributed by atoms with Gasteiger partial charge in [-0.2, -0.15) is 0 Å². The summed E-state index contributed by atoms with van der Waals surface area (Å²) in [6.07, 6.45) is 1.88. The average molecular weight is 521 g/mol. The summed E-state index contributed by atoms with van der Waals surface area (Å²) in [5.41, 5.74) is 2.41. The third-order valence-corrected chi connectivity index (χ3v) is 7.10. The number of amides is 1. The van der Waals surface area contributed by atoms with E-state index in [0.717, 1.165) is 32.1 Å². The second-order valence-corrected chi connectivity index (χ2v) is 9.37. The Kier molecular flexibility index (Phi) is 7.20. The topological polar surface area (TPSA) is 96.0 Å². The van der Waals surface area contributed by atoms with Gasteiger partial charge in [0.15, 0.2) is 5.69 Å². The highest BCUT2D eigenvalue weighted by Gasteiger charge is 2.32. The summed E-state index contributed by atoms with van der Waals surface area (Å²) in [5, 5.41) is 10.9. The molecule has 2 aliphatic rings. The fourth-order valence-electron chi connectivity index (χ4n) is 5.29. The van der Waals surface area contributed by atoms with Crippen molar-refractivity contribution in [2.75, 3.05) is 5.32 Å². The molecule has 200 valence electrons. The Balaban J connectivity index is 0.00000320. The van der Waals surface area contributed by atoms with Gasteiger partial charge in [0.1, 0.15) is 11.4 Å². The van der Waals surface area contributed by atoms with Crippen LogP contribution in [0.5, 0.6) is 5.75 Å². The number of benzene rings is 1. The average Bonchev–Trinajstić information content (AvgIpc) is 3.26. The summed E-state index contributed by atoms with van der Waals surface area (Å²) in [4.78, 5) is 26.5. The molecular formula is C25H31F3N6O3. The highest BCUT2D eigenvalue weighted by atomic mass is 19.4. The van der Waals surface area contributed by atoms with Crippen molar-refractivity contribution in [3.8, 4) is 11.4 Å². The van der Waals surface area contributed by atoms with Gasteiger partial charge in [-0.25, -0.2) is 9.36 Å². The van der Waals surface area contributed by atoms with Gasteiger partial charge in [0.25, 0.3) is 11.5 Å². The van der Waals surface area contributed by atoms with Crippen molar-refractivity contribution < 1.29 is 22.7 Å². The third-order valence-electron chi connectivity index (χ3n) is 7.10. The van der Waals surface area contributed by atoms with Gasteiger partial charge in [-0.05, 0) is 62.8 Å². The Hall–Kier alpha value is -3.57. The van der Waals surface area contributed by atoms with Crippen molar-refractivity contribution in [3.63, 3.8) is 0 Å². The van der Waals surface area contributed by atoms with Gasteiger partial charge in [0.2, 0.25) is 0 Å². The second-order valence-electron chi connectivity index (χ2n) is 9.37. The third kappa shape index (κ3) is 5.01. The fourth-order valence-corrected chi connectivity index (χ4v) is 5.29. The van der Waals surface area contributed by atoms with E-state index < -0.39 is 12.3 Å². The van der Waals surface area contributed by atoms with E-state index in [2.05, 4.69) is 20.4 Å². The van der Waals surface area contributed by atoms with Crippen LogP contribution in [0.4, 0.5) is 18.9 Å². The van der Waals surface area contributed by atoms with Gasteiger partial charge in [-0.15, -0.1) is 18.3 Å². The second kappa shape index (κ2) is 10.1. The van der Waals surface area contributed by atoms with Gasteiger partial charge in [-0.1, -0.05) is 31.9 Å². The minimum Gasteiger partial charge on any atom is -0.406 e. The van der Waals surface area contributed by atoms with Crippen LogP contribution in [0.2, 0.25) is 0 Å². The van der Waals surface area contributed by atoms with E-state index in [-0.39, 0.29) is 36.2 Å². The lowest BCUT2D eigenvalue weighted by molar-refractivity contribution is -0.274. The van der Waals surface area contributed by atoms with Gasteiger partial charge >= 0.3 is 6.36 Å². The molecule has 37 heavy (non-hydrogen) atoms. The highest BCUT2D eigenvalue weighted by Crippen LogP contribution is 2.31. The van der Waals surface area contributed by atoms with Crippen LogP contribution in [0.3, 0.4) is 0 Å². The number of nitrogens with one attached hydrogen (secondary N) is 1. The first-order chi connectivity index (χ1) is 17.1. The molecule has 0 bridgehead atoms. The summed E-state index contributed by atoms with van der Waals surface area (Å²) >= 11 is 0. The lowest BCUT2D eigenvalue weighted by Crippen LogP contribution is -2.29. The van der Waals surface area contributed by atoms with E-state index in [1.54, 1.807) is 16.3 Å². The molecule has 1 amide bonds. The van der Waals surface area contributed by atoms with Crippen LogP contribution in [0, 0.1) is 6.92 Å². The number of aryl methyl sites for hydroxylation is 1. The quantitative estimate of drug-likeness (QED) is 0.530. The van der Waals surface area contributed by atoms with Crippen molar-refractivity contribution in [1.29, 1.82) is 0 Å². The highest BCUT2D eigenvalue weighted by molar-refractivity contribution is 6.03. The smallest absolute Gasteiger partial charge is 0.406 e. The van der Waals surface area contributed by atoms with E-state index in [0.29, 0.717) is 41.9 Å². The number of rotatable bonds is 4. The molecule has 0 spiro atoms. The standard InChI is InChI=1S/C24H27F3N6O3.CH4/c1-14-20(23(35)33(31(14)2)16-8-4-3-5-9-16)28-22(34)21-19-10-6-7-15-13-17(36-24(25,26)27)11-12-18(15)32(19)30-29-21;/h11-13,16H,3-10H2,1-2H3,(H,28,34);1H4. The minimum atomic E-state index is -4.78. The van der Waals surface area contributed by atoms with Gasteiger partial charge in [0.05, 0.1) is 23.1 Å². The summed E-state index contributed by atoms with van der Waals surface area (Å²) < 4.78 is 47.0. The molecule has 1 aliphatic carbocycles. The number of alkyl halides is 3. The van der Waals surface area contributed by atoms with E-state index in [1.165, 1.54) is 22.9 Å². The number of carbonyl (C=O) groups excluding carboxylic acids is 1. The number of ether oxygens (including phenoxy) is 1.